The van der Waals surface area contributed by atoms with E-state index in [1.54, 1.807) is 14.2 Å². The summed E-state index contributed by atoms with van der Waals surface area (Å²) in [7, 11) is 3.44. The number of aliphatic imine (C=N–C) groups is 1. The van der Waals surface area contributed by atoms with Crippen LogP contribution in [0, 0.1) is 0 Å². The Morgan fingerprint density at radius 2 is 1.84 bits per heavy atom. The van der Waals surface area contributed by atoms with Gasteiger partial charge in [0.1, 0.15) is 0 Å². The third-order valence-corrected chi connectivity index (χ3v) is 4.55. The summed E-state index contributed by atoms with van der Waals surface area (Å²) in [5.41, 5.74) is 1.23. The molecule has 0 atom stereocenters. The van der Waals surface area contributed by atoms with Gasteiger partial charge in [0.2, 0.25) is 5.89 Å². The highest BCUT2D eigenvalue weighted by Gasteiger charge is 2.09. The number of hydrogen-bond acceptors (Lipinski definition) is 6. The Kier molecular flexibility index (Phi) is 13.0. The number of aromatic nitrogens is 2. The summed E-state index contributed by atoms with van der Waals surface area (Å²) < 4.78 is 16.2. The maximum Gasteiger partial charge on any atom is 0.226 e. The molecular weight excluding hydrogens is 509 g/mol. The SMILES string of the molecule is CCOc1cc(CCCNC(=NC)NCCCc2nc(C(C)C)no2)ccc1OC.I. The predicted octanol–water partition coefficient (Wildman–Crippen LogP) is 3.95. The fourth-order valence-corrected chi connectivity index (χ4v) is 2.92. The van der Waals surface area contributed by atoms with Crippen LogP contribution in [0.5, 0.6) is 11.5 Å². The number of methoxy groups -OCH3 is 1. The Morgan fingerprint density at radius 1 is 1.13 bits per heavy atom. The highest BCUT2D eigenvalue weighted by molar-refractivity contribution is 14.0. The Balaban J connectivity index is 0.00000480. The van der Waals surface area contributed by atoms with Gasteiger partial charge in [-0.25, -0.2) is 0 Å². The van der Waals surface area contributed by atoms with Crippen molar-refractivity contribution in [1.82, 2.24) is 20.8 Å². The minimum absolute atomic E-state index is 0. The van der Waals surface area contributed by atoms with E-state index in [4.69, 9.17) is 14.0 Å². The van der Waals surface area contributed by atoms with Crippen LogP contribution < -0.4 is 20.1 Å². The number of benzene rings is 1. The van der Waals surface area contributed by atoms with E-state index >= 15 is 0 Å². The average Bonchev–Trinajstić information content (AvgIpc) is 3.22. The molecule has 1 aromatic carbocycles. The monoisotopic (exact) mass is 545 g/mol. The molecule has 0 radical (unpaired) electrons. The van der Waals surface area contributed by atoms with Gasteiger partial charge in [-0.15, -0.1) is 24.0 Å². The molecule has 0 aliphatic carbocycles. The minimum atomic E-state index is 0. The number of nitrogens with one attached hydrogen (secondary N) is 2. The summed E-state index contributed by atoms with van der Waals surface area (Å²) in [4.78, 5) is 8.67. The van der Waals surface area contributed by atoms with E-state index in [0.29, 0.717) is 12.5 Å². The molecule has 1 aromatic heterocycles. The van der Waals surface area contributed by atoms with Crippen LogP contribution in [0.1, 0.15) is 56.8 Å². The minimum Gasteiger partial charge on any atom is -0.493 e. The molecule has 2 rings (SSSR count). The molecule has 0 saturated heterocycles. The summed E-state index contributed by atoms with van der Waals surface area (Å²) in [5.74, 6) is 4.10. The lowest BCUT2D eigenvalue weighted by molar-refractivity contribution is 0.310. The Morgan fingerprint density at radius 3 is 2.42 bits per heavy atom. The Hall–Kier alpha value is -2.04. The van der Waals surface area contributed by atoms with Gasteiger partial charge in [-0.2, -0.15) is 4.98 Å². The standard InChI is InChI=1S/C22H35N5O3.HI/c1-6-29-19-15-17(11-12-18(19)28-5)9-7-13-24-22(23-4)25-14-8-10-20-26-21(16(2)3)27-30-20;/h11-12,15-16H,6-10,13-14H2,1-5H3,(H2,23,24,25);1H. The van der Waals surface area contributed by atoms with E-state index in [2.05, 4.69) is 51.7 Å². The molecule has 0 spiro atoms. The molecule has 0 fully saturated rings. The van der Waals surface area contributed by atoms with Gasteiger partial charge in [-0.05, 0) is 43.9 Å². The number of aryl methyl sites for hydroxylation is 2. The largest absolute Gasteiger partial charge is 0.493 e. The zero-order valence-corrected chi connectivity index (χ0v) is 21.6. The summed E-state index contributed by atoms with van der Waals surface area (Å²) >= 11 is 0. The molecule has 0 unspecified atom stereocenters. The lowest BCUT2D eigenvalue weighted by Gasteiger charge is -2.13. The van der Waals surface area contributed by atoms with Crippen molar-refractivity contribution in [1.29, 1.82) is 0 Å². The van der Waals surface area contributed by atoms with E-state index in [0.717, 1.165) is 62.1 Å². The van der Waals surface area contributed by atoms with Gasteiger partial charge in [-0.3, -0.25) is 4.99 Å². The van der Waals surface area contributed by atoms with Gasteiger partial charge >= 0.3 is 0 Å². The molecular formula is C22H36IN5O3. The van der Waals surface area contributed by atoms with Gasteiger partial charge in [0.05, 0.1) is 13.7 Å². The van der Waals surface area contributed by atoms with Crippen molar-refractivity contribution in [3.63, 3.8) is 0 Å². The summed E-state index contributed by atoms with van der Waals surface area (Å²) in [6.07, 6.45) is 3.58. The molecule has 1 heterocycles. The molecule has 0 aliphatic rings. The van der Waals surface area contributed by atoms with Gasteiger partial charge in [0, 0.05) is 32.5 Å². The summed E-state index contributed by atoms with van der Waals surface area (Å²) in [6, 6.07) is 6.09. The van der Waals surface area contributed by atoms with Crippen molar-refractivity contribution in [2.45, 2.75) is 52.4 Å². The highest BCUT2D eigenvalue weighted by Crippen LogP contribution is 2.28. The normalized spacial score (nSPS) is 11.2. The van der Waals surface area contributed by atoms with E-state index in [-0.39, 0.29) is 29.9 Å². The average molecular weight is 545 g/mol. The van der Waals surface area contributed by atoms with Crippen LogP contribution in [-0.4, -0.2) is 50.0 Å². The topological polar surface area (TPSA) is 93.8 Å². The van der Waals surface area contributed by atoms with Crippen LogP contribution in [0.25, 0.3) is 0 Å². The van der Waals surface area contributed by atoms with Crippen LogP contribution in [0.15, 0.2) is 27.7 Å². The number of rotatable bonds is 12. The molecule has 2 aromatic rings. The van der Waals surface area contributed by atoms with Gasteiger partial charge in [0.15, 0.2) is 23.3 Å². The van der Waals surface area contributed by atoms with E-state index < -0.39 is 0 Å². The number of halogens is 1. The van der Waals surface area contributed by atoms with Crippen molar-refractivity contribution >= 4 is 29.9 Å². The predicted molar refractivity (Wildman–Crippen MR) is 134 cm³/mol. The molecule has 31 heavy (non-hydrogen) atoms. The first-order valence-electron chi connectivity index (χ1n) is 10.6. The molecule has 0 saturated carbocycles. The third kappa shape index (κ3) is 9.32. The molecule has 8 nitrogen and oxygen atoms in total. The van der Waals surface area contributed by atoms with Gasteiger partial charge < -0.3 is 24.6 Å². The lowest BCUT2D eigenvalue weighted by Crippen LogP contribution is -2.38. The van der Waals surface area contributed by atoms with Gasteiger partial charge in [0.25, 0.3) is 0 Å². The van der Waals surface area contributed by atoms with Crippen LogP contribution in [0.3, 0.4) is 0 Å². The maximum atomic E-state index is 5.65. The Labute approximate surface area is 202 Å². The van der Waals surface area contributed by atoms with Crippen molar-refractivity contribution in [2.75, 3.05) is 33.9 Å². The number of hydrogen-bond donors (Lipinski definition) is 2. The van der Waals surface area contributed by atoms with Crippen LogP contribution >= 0.6 is 24.0 Å². The van der Waals surface area contributed by atoms with Crippen molar-refractivity contribution in [3.8, 4) is 11.5 Å². The first kappa shape index (κ1) is 27.0. The van der Waals surface area contributed by atoms with E-state index in [1.165, 1.54) is 5.56 Å². The third-order valence-electron chi connectivity index (χ3n) is 4.55. The molecule has 174 valence electrons. The maximum absolute atomic E-state index is 5.65. The summed E-state index contributed by atoms with van der Waals surface area (Å²) in [6.45, 7) is 8.32. The first-order valence-corrected chi connectivity index (χ1v) is 10.6. The molecule has 2 N–H and O–H groups in total. The van der Waals surface area contributed by atoms with Crippen molar-refractivity contribution in [2.24, 2.45) is 4.99 Å². The summed E-state index contributed by atoms with van der Waals surface area (Å²) in [5, 5.41) is 10.7. The molecule has 0 bridgehead atoms. The number of ether oxygens (including phenoxy) is 2. The van der Waals surface area contributed by atoms with Crippen molar-refractivity contribution < 1.29 is 14.0 Å². The van der Waals surface area contributed by atoms with Gasteiger partial charge in [-0.1, -0.05) is 25.1 Å². The van der Waals surface area contributed by atoms with Crippen molar-refractivity contribution in [3.05, 3.63) is 35.5 Å². The molecule has 9 heteroatoms. The zero-order valence-electron chi connectivity index (χ0n) is 19.2. The fourth-order valence-electron chi connectivity index (χ4n) is 2.92. The number of nitrogens with zero attached hydrogens (tertiary/aromatic N) is 3. The zero-order chi connectivity index (χ0) is 21.8. The second-order valence-corrected chi connectivity index (χ2v) is 7.25. The first-order chi connectivity index (χ1) is 14.6. The van der Waals surface area contributed by atoms with E-state index in [9.17, 15) is 0 Å². The smallest absolute Gasteiger partial charge is 0.226 e. The number of guanidine groups is 1. The van der Waals surface area contributed by atoms with Crippen LogP contribution in [0.2, 0.25) is 0 Å². The second-order valence-electron chi connectivity index (χ2n) is 7.25. The van der Waals surface area contributed by atoms with E-state index in [1.807, 2.05) is 13.0 Å². The van der Waals surface area contributed by atoms with Crippen LogP contribution in [0.4, 0.5) is 0 Å². The highest BCUT2D eigenvalue weighted by atomic mass is 127. The molecule has 0 aliphatic heterocycles. The van der Waals surface area contributed by atoms with Crippen LogP contribution in [-0.2, 0) is 12.8 Å². The molecule has 0 amide bonds. The fraction of sp³-hybridized carbons (Fsp3) is 0.591. The lowest BCUT2D eigenvalue weighted by atomic mass is 10.1. The second kappa shape index (κ2) is 14.9. The quantitative estimate of drug-likeness (QED) is 0.181. The Bertz CT molecular complexity index is 795.